The predicted octanol–water partition coefficient (Wildman–Crippen LogP) is 2.68. The molecule has 1 amide bonds. The molecule has 0 spiro atoms. The number of carboxylic acids is 1. The van der Waals surface area contributed by atoms with Crippen molar-refractivity contribution in [2.75, 3.05) is 5.32 Å². The number of carboxylic acid groups (broad SMARTS) is 1. The van der Waals surface area contributed by atoms with Gasteiger partial charge in [-0.2, -0.15) is 0 Å². The molecule has 8 heteroatoms. The number of halogens is 4. The molecular formula is C13H11F4NO3. The average molecular weight is 305 g/mol. The number of rotatable bonds is 3. The molecule has 21 heavy (non-hydrogen) atoms. The van der Waals surface area contributed by atoms with Gasteiger partial charge >= 0.3 is 5.97 Å². The molecule has 0 heterocycles. The average Bonchev–Trinajstić information content (AvgIpc) is 2.91. The largest absolute Gasteiger partial charge is 0.481 e. The van der Waals surface area contributed by atoms with E-state index in [1.165, 1.54) is 0 Å². The highest BCUT2D eigenvalue weighted by Crippen LogP contribution is 2.34. The van der Waals surface area contributed by atoms with Gasteiger partial charge in [0.1, 0.15) is 5.69 Å². The molecule has 1 aliphatic carbocycles. The summed E-state index contributed by atoms with van der Waals surface area (Å²) in [5.74, 6) is -10.9. The Morgan fingerprint density at radius 1 is 1.05 bits per heavy atom. The number of carbonyl (C=O) groups is 2. The molecule has 0 unspecified atom stereocenters. The van der Waals surface area contributed by atoms with E-state index < -0.39 is 52.7 Å². The summed E-state index contributed by atoms with van der Waals surface area (Å²) in [6.07, 6.45) is 0.956. The van der Waals surface area contributed by atoms with E-state index in [9.17, 15) is 27.2 Å². The van der Waals surface area contributed by atoms with Gasteiger partial charge in [-0.1, -0.05) is 6.42 Å². The lowest BCUT2D eigenvalue weighted by molar-refractivity contribution is -0.145. The minimum absolute atomic E-state index is 0.0238. The third kappa shape index (κ3) is 2.84. The van der Waals surface area contributed by atoms with Crippen molar-refractivity contribution in [2.45, 2.75) is 19.3 Å². The van der Waals surface area contributed by atoms with Crippen molar-refractivity contribution in [2.24, 2.45) is 11.8 Å². The van der Waals surface area contributed by atoms with E-state index in [2.05, 4.69) is 0 Å². The van der Waals surface area contributed by atoms with Crippen molar-refractivity contribution >= 4 is 17.6 Å². The van der Waals surface area contributed by atoms with Gasteiger partial charge in [0.2, 0.25) is 5.91 Å². The van der Waals surface area contributed by atoms with Gasteiger partial charge in [0.15, 0.2) is 23.3 Å². The van der Waals surface area contributed by atoms with Crippen molar-refractivity contribution in [3.05, 3.63) is 29.3 Å². The molecule has 1 aliphatic rings. The molecule has 1 aromatic rings. The summed E-state index contributed by atoms with van der Waals surface area (Å²) in [4.78, 5) is 22.9. The fourth-order valence-corrected chi connectivity index (χ4v) is 2.47. The number of nitrogens with one attached hydrogen (secondary N) is 1. The third-order valence-corrected chi connectivity index (χ3v) is 3.53. The first-order chi connectivity index (χ1) is 9.82. The van der Waals surface area contributed by atoms with Crippen LogP contribution in [0.15, 0.2) is 6.07 Å². The highest BCUT2D eigenvalue weighted by Gasteiger charge is 2.38. The van der Waals surface area contributed by atoms with E-state index in [1.54, 1.807) is 5.32 Å². The highest BCUT2D eigenvalue weighted by atomic mass is 19.2. The number of hydrogen-bond acceptors (Lipinski definition) is 2. The Balaban J connectivity index is 2.26. The molecule has 2 N–H and O–H groups in total. The second-order valence-corrected chi connectivity index (χ2v) is 4.81. The first kappa shape index (κ1) is 15.3. The minimum Gasteiger partial charge on any atom is -0.481 e. The van der Waals surface area contributed by atoms with Crippen LogP contribution in [-0.2, 0) is 9.59 Å². The van der Waals surface area contributed by atoms with Crippen molar-refractivity contribution in [1.29, 1.82) is 0 Å². The lowest BCUT2D eigenvalue weighted by atomic mass is 9.95. The standard InChI is InChI=1S/C13H11F4NO3/c14-7-4-8(15)10(17)11(9(7)16)18-12(19)5-2-1-3-6(5)13(20)21/h4-6H,1-3H2,(H,18,19)(H,20,21)/t5-,6+/m1/s1. The number of amides is 1. The molecule has 114 valence electrons. The summed E-state index contributed by atoms with van der Waals surface area (Å²) in [6.45, 7) is 0. The van der Waals surface area contributed by atoms with E-state index in [1.807, 2.05) is 0 Å². The van der Waals surface area contributed by atoms with Gasteiger partial charge in [-0.15, -0.1) is 0 Å². The number of carbonyl (C=O) groups excluding carboxylic acids is 1. The van der Waals surface area contributed by atoms with Gasteiger partial charge in [-0.05, 0) is 12.8 Å². The normalized spacial score (nSPS) is 21.3. The van der Waals surface area contributed by atoms with Gasteiger partial charge in [0, 0.05) is 6.07 Å². The zero-order valence-electron chi connectivity index (χ0n) is 10.6. The van der Waals surface area contributed by atoms with Crippen LogP contribution in [0.3, 0.4) is 0 Å². The van der Waals surface area contributed by atoms with Gasteiger partial charge in [-0.25, -0.2) is 17.6 Å². The lowest BCUT2D eigenvalue weighted by Gasteiger charge is -2.16. The van der Waals surface area contributed by atoms with E-state index in [0.29, 0.717) is 6.42 Å². The Bertz CT molecular complexity index is 579. The number of benzene rings is 1. The molecule has 0 aliphatic heterocycles. The molecule has 4 nitrogen and oxygen atoms in total. The summed E-state index contributed by atoms with van der Waals surface area (Å²) >= 11 is 0. The highest BCUT2D eigenvalue weighted by molar-refractivity contribution is 5.95. The molecule has 2 rings (SSSR count). The maximum Gasteiger partial charge on any atom is 0.307 e. The second-order valence-electron chi connectivity index (χ2n) is 4.81. The van der Waals surface area contributed by atoms with Crippen molar-refractivity contribution in [1.82, 2.24) is 0 Å². The van der Waals surface area contributed by atoms with Crippen LogP contribution in [0.5, 0.6) is 0 Å². The summed E-state index contributed by atoms with van der Waals surface area (Å²) in [6, 6.07) is 0.0238. The zero-order chi connectivity index (χ0) is 15.7. The minimum atomic E-state index is -1.73. The van der Waals surface area contributed by atoms with Crippen molar-refractivity contribution in [3.63, 3.8) is 0 Å². The smallest absolute Gasteiger partial charge is 0.307 e. The topological polar surface area (TPSA) is 66.4 Å². The summed E-state index contributed by atoms with van der Waals surface area (Å²) in [5, 5.41) is 10.7. The molecule has 0 aromatic heterocycles. The Hall–Kier alpha value is -2.12. The van der Waals surface area contributed by atoms with Gasteiger partial charge in [0.05, 0.1) is 11.8 Å². The molecule has 1 saturated carbocycles. The van der Waals surface area contributed by atoms with Crippen molar-refractivity contribution < 1.29 is 32.3 Å². The van der Waals surface area contributed by atoms with Crippen LogP contribution < -0.4 is 5.32 Å². The summed E-state index contributed by atoms with van der Waals surface area (Å²) in [7, 11) is 0. The van der Waals surface area contributed by atoms with E-state index >= 15 is 0 Å². The quantitative estimate of drug-likeness (QED) is 0.666. The van der Waals surface area contributed by atoms with E-state index in [0.717, 1.165) is 0 Å². The number of anilines is 1. The van der Waals surface area contributed by atoms with Crippen LogP contribution in [0.2, 0.25) is 0 Å². The Morgan fingerprint density at radius 3 is 2.10 bits per heavy atom. The van der Waals surface area contributed by atoms with Crippen molar-refractivity contribution in [3.8, 4) is 0 Å². The van der Waals surface area contributed by atoms with Gasteiger partial charge in [0.25, 0.3) is 0 Å². The monoisotopic (exact) mass is 305 g/mol. The maximum atomic E-state index is 13.4. The van der Waals surface area contributed by atoms with Crippen LogP contribution in [0.4, 0.5) is 23.2 Å². The van der Waals surface area contributed by atoms with Gasteiger partial charge < -0.3 is 10.4 Å². The van der Waals surface area contributed by atoms with E-state index in [4.69, 9.17) is 5.11 Å². The number of aliphatic carboxylic acids is 1. The second kappa shape index (κ2) is 5.71. The van der Waals surface area contributed by atoms with Crippen LogP contribution in [0.1, 0.15) is 19.3 Å². The predicted molar refractivity (Wildman–Crippen MR) is 63.4 cm³/mol. The fraction of sp³-hybridized carbons (Fsp3) is 0.385. The Labute approximate surface area is 116 Å². The molecule has 1 fully saturated rings. The Kier molecular flexibility index (Phi) is 4.15. The first-order valence-corrected chi connectivity index (χ1v) is 6.19. The Morgan fingerprint density at radius 2 is 1.57 bits per heavy atom. The first-order valence-electron chi connectivity index (χ1n) is 6.19. The molecule has 0 saturated heterocycles. The zero-order valence-corrected chi connectivity index (χ0v) is 10.6. The van der Waals surface area contributed by atoms with E-state index in [-0.39, 0.29) is 18.9 Å². The lowest BCUT2D eigenvalue weighted by Crippen LogP contribution is -2.30. The van der Waals surface area contributed by atoms with Crippen LogP contribution >= 0.6 is 0 Å². The van der Waals surface area contributed by atoms with Crippen LogP contribution in [-0.4, -0.2) is 17.0 Å². The molecule has 0 bridgehead atoms. The molecular weight excluding hydrogens is 294 g/mol. The molecule has 0 radical (unpaired) electrons. The molecule has 1 aromatic carbocycles. The van der Waals surface area contributed by atoms with Gasteiger partial charge in [-0.3, -0.25) is 9.59 Å². The molecule has 2 atom stereocenters. The van der Waals surface area contributed by atoms with Crippen LogP contribution in [0, 0.1) is 35.1 Å². The summed E-state index contributed by atoms with van der Waals surface area (Å²) in [5.41, 5.74) is -1.24. The summed E-state index contributed by atoms with van der Waals surface area (Å²) < 4.78 is 52.9. The van der Waals surface area contributed by atoms with Crippen LogP contribution in [0.25, 0.3) is 0 Å². The third-order valence-electron chi connectivity index (χ3n) is 3.53. The SMILES string of the molecule is O=C(O)[C@H]1CCC[C@H]1C(=O)Nc1c(F)c(F)cc(F)c1F. The maximum absolute atomic E-state index is 13.4. The fourth-order valence-electron chi connectivity index (χ4n) is 2.47. The number of hydrogen-bond donors (Lipinski definition) is 2.